The van der Waals surface area contributed by atoms with Crippen LogP contribution < -0.4 is 0 Å². The Balaban J connectivity index is 1.46. The molecule has 1 aromatic heterocycles. The Labute approximate surface area is 213 Å². The molecule has 3 unspecified atom stereocenters. The van der Waals surface area contributed by atoms with Crippen LogP contribution in [0.5, 0.6) is 0 Å². The largest absolute Gasteiger partial charge is 0.354 e. The summed E-state index contributed by atoms with van der Waals surface area (Å²) in [6.07, 6.45) is 9.57. The minimum absolute atomic E-state index is 0.233. The first-order valence-electron chi connectivity index (χ1n) is 12.0. The highest BCUT2D eigenvalue weighted by molar-refractivity contribution is 14.1. The number of hydrogen-bond acceptors (Lipinski definition) is 0. The average molecular weight is 549 g/mol. The lowest BCUT2D eigenvalue weighted by Gasteiger charge is -2.21. The van der Waals surface area contributed by atoms with Crippen LogP contribution in [0.2, 0.25) is 0 Å². The van der Waals surface area contributed by atoms with E-state index in [9.17, 15) is 0 Å². The van der Waals surface area contributed by atoms with Crippen LogP contribution in [0.15, 0.2) is 109 Å². The molecular formula is C32H24IN. The molecule has 4 aromatic carbocycles. The van der Waals surface area contributed by atoms with E-state index >= 15 is 0 Å². The molecule has 1 heterocycles. The van der Waals surface area contributed by atoms with Gasteiger partial charge >= 0.3 is 0 Å². The first-order valence-corrected chi connectivity index (χ1v) is 13.2. The molecule has 1 nitrogen and oxygen atoms in total. The van der Waals surface area contributed by atoms with Crippen LogP contribution in [0.3, 0.4) is 0 Å². The summed E-state index contributed by atoms with van der Waals surface area (Å²) in [5.41, 5.74) is 9.45. The van der Waals surface area contributed by atoms with Gasteiger partial charge in [0.05, 0.1) is 9.44 Å². The van der Waals surface area contributed by atoms with Gasteiger partial charge in [0.1, 0.15) is 0 Å². The van der Waals surface area contributed by atoms with Gasteiger partial charge in [-0.15, -0.1) is 0 Å². The van der Waals surface area contributed by atoms with Crippen LogP contribution in [0, 0.1) is 5.92 Å². The van der Waals surface area contributed by atoms with Gasteiger partial charge in [-0.2, -0.15) is 0 Å². The molecule has 5 aromatic rings. The second-order valence-corrected chi connectivity index (χ2v) is 10.9. The molecule has 2 aliphatic carbocycles. The van der Waals surface area contributed by atoms with E-state index in [1.165, 1.54) is 60.4 Å². The molecule has 0 saturated heterocycles. The number of rotatable bonds is 3. The zero-order valence-electron chi connectivity index (χ0n) is 18.9. The summed E-state index contributed by atoms with van der Waals surface area (Å²) < 4.78 is 0.415. The highest BCUT2D eigenvalue weighted by atomic mass is 127. The van der Waals surface area contributed by atoms with E-state index in [2.05, 4.69) is 138 Å². The zero-order valence-corrected chi connectivity index (χ0v) is 21.1. The van der Waals surface area contributed by atoms with Gasteiger partial charge in [-0.3, -0.25) is 0 Å². The summed E-state index contributed by atoms with van der Waals surface area (Å²) >= 11 is 2.57. The Morgan fingerprint density at radius 2 is 1.68 bits per heavy atom. The number of benzene rings is 4. The molecule has 0 bridgehead atoms. The minimum atomic E-state index is 0.233. The summed E-state index contributed by atoms with van der Waals surface area (Å²) in [5.74, 6) is 0.713. The number of H-pyrrole nitrogens is 1. The van der Waals surface area contributed by atoms with E-state index in [1.807, 2.05) is 0 Å². The molecule has 0 saturated carbocycles. The molecule has 7 rings (SSSR count). The van der Waals surface area contributed by atoms with Crippen LogP contribution in [-0.2, 0) is 0 Å². The fraction of sp³-hybridized carbons (Fsp3) is 0.125. The summed E-state index contributed by atoms with van der Waals surface area (Å²) in [6, 6.07) is 29.1. The number of halogens is 1. The average Bonchev–Trinajstić information content (AvgIpc) is 3.55. The quantitative estimate of drug-likeness (QED) is 0.171. The van der Waals surface area contributed by atoms with Crippen LogP contribution in [0.25, 0.3) is 38.2 Å². The second kappa shape index (κ2) is 7.71. The number of allylic oxidation sites excluding steroid dienone is 6. The lowest BCUT2D eigenvalue weighted by Crippen LogP contribution is -2.04. The summed E-state index contributed by atoms with van der Waals surface area (Å²) in [5, 5.41) is 5.16. The summed E-state index contributed by atoms with van der Waals surface area (Å²) in [7, 11) is 0. The smallest absolute Gasteiger partial charge is 0.0551 e. The van der Waals surface area contributed by atoms with E-state index in [0.29, 0.717) is 9.84 Å². The zero-order chi connectivity index (χ0) is 22.8. The molecule has 3 atom stereocenters. The lowest BCUT2D eigenvalue weighted by atomic mass is 9.82. The number of fused-ring (bicyclic) bond motifs is 6. The SMILES string of the molecule is CC1C=CC(C(C2=CC(I)c3ccccc32)c2ccc3[nH]c4c5ccccc5ccc4c3c2)=C1. The van der Waals surface area contributed by atoms with Crippen LogP contribution in [-0.4, -0.2) is 4.98 Å². The fourth-order valence-corrected chi connectivity index (χ4v) is 6.78. The topological polar surface area (TPSA) is 15.8 Å². The van der Waals surface area contributed by atoms with Gasteiger partial charge in [0.2, 0.25) is 0 Å². The Morgan fingerprint density at radius 3 is 2.56 bits per heavy atom. The van der Waals surface area contributed by atoms with E-state index in [0.717, 1.165) is 0 Å². The van der Waals surface area contributed by atoms with Crippen molar-refractivity contribution in [1.82, 2.24) is 4.98 Å². The molecule has 0 amide bonds. The van der Waals surface area contributed by atoms with Crippen molar-refractivity contribution in [3.05, 3.63) is 125 Å². The molecule has 2 aliphatic rings. The Bertz CT molecular complexity index is 1700. The third-order valence-corrected chi connectivity index (χ3v) is 8.47. The Kier molecular flexibility index (Phi) is 4.60. The lowest BCUT2D eigenvalue weighted by molar-refractivity contribution is 0.943. The second-order valence-electron chi connectivity index (χ2n) is 9.57. The molecule has 1 N–H and O–H groups in total. The monoisotopic (exact) mass is 549 g/mol. The van der Waals surface area contributed by atoms with Gasteiger partial charge in [-0.25, -0.2) is 0 Å². The van der Waals surface area contributed by atoms with Gasteiger partial charge in [0.15, 0.2) is 0 Å². The molecule has 0 spiro atoms. The molecule has 0 aliphatic heterocycles. The van der Waals surface area contributed by atoms with E-state index < -0.39 is 0 Å². The van der Waals surface area contributed by atoms with Crippen molar-refractivity contribution in [2.45, 2.75) is 16.8 Å². The Hall–Kier alpha value is -3.11. The van der Waals surface area contributed by atoms with Gasteiger partial charge < -0.3 is 4.98 Å². The van der Waals surface area contributed by atoms with Crippen LogP contribution in [0.4, 0.5) is 0 Å². The van der Waals surface area contributed by atoms with Crippen LogP contribution in [0.1, 0.15) is 33.5 Å². The maximum Gasteiger partial charge on any atom is 0.0551 e. The van der Waals surface area contributed by atoms with Crippen molar-refractivity contribution in [2.24, 2.45) is 5.92 Å². The Morgan fingerprint density at radius 1 is 0.824 bits per heavy atom. The summed E-state index contributed by atoms with van der Waals surface area (Å²) in [4.78, 5) is 3.71. The molecule has 2 heteroatoms. The summed E-state index contributed by atoms with van der Waals surface area (Å²) in [6.45, 7) is 2.27. The predicted octanol–water partition coefficient (Wildman–Crippen LogP) is 9.26. The third-order valence-electron chi connectivity index (χ3n) is 7.44. The highest BCUT2D eigenvalue weighted by Crippen LogP contribution is 2.50. The van der Waals surface area contributed by atoms with Gasteiger partial charge in [0.25, 0.3) is 0 Å². The molecular weight excluding hydrogens is 525 g/mol. The number of hydrogen-bond donors (Lipinski definition) is 1. The van der Waals surface area contributed by atoms with Gasteiger partial charge in [-0.1, -0.05) is 121 Å². The fourth-order valence-electron chi connectivity index (χ4n) is 5.85. The molecule has 164 valence electrons. The number of nitrogens with one attached hydrogen (secondary N) is 1. The van der Waals surface area contributed by atoms with Gasteiger partial charge in [0, 0.05) is 27.6 Å². The first-order chi connectivity index (χ1) is 16.7. The minimum Gasteiger partial charge on any atom is -0.354 e. The van der Waals surface area contributed by atoms with Crippen LogP contribution >= 0.6 is 22.6 Å². The van der Waals surface area contributed by atoms with Crippen molar-refractivity contribution < 1.29 is 0 Å². The molecule has 0 fully saturated rings. The van der Waals surface area contributed by atoms with E-state index in [-0.39, 0.29) is 5.92 Å². The standard InChI is InChI=1S/C32H24IN/c1-19-10-11-21(16-19)31(28-18-29(33)25-9-5-4-8-24(25)28)22-13-15-30-27(17-22)26-14-12-20-6-2-3-7-23(20)32(26)34-30/h2-19,29,31,34H,1H3. The van der Waals surface area contributed by atoms with Crippen molar-refractivity contribution in [1.29, 1.82) is 0 Å². The first kappa shape index (κ1) is 20.3. The maximum atomic E-state index is 3.71. The van der Waals surface area contributed by atoms with Crippen molar-refractivity contribution in [2.75, 3.05) is 0 Å². The normalized spacial score (nSPS) is 20.2. The number of aromatic amines is 1. The number of alkyl halides is 1. The highest BCUT2D eigenvalue weighted by Gasteiger charge is 2.30. The van der Waals surface area contributed by atoms with Crippen molar-refractivity contribution >= 4 is 60.7 Å². The van der Waals surface area contributed by atoms with E-state index in [4.69, 9.17) is 0 Å². The van der Waals surface area contributed by atoms with Gasteiger partial charge in [-0.05, 0) is 51.3 Å². The molecule has 34 heavy (non-hydrogen) atoms. The number of aromatic nitrogens is 1. The maximum absolute atomic E-state index is 3.71. The predicted molar refractivity (Wildman–Crippen MR) is 154 cm³/mol. The molecule has 0 radical (unpaired) electrons. The third kappa shape index (κ3) is 3.05. The van der Waals surface area contributed by atoms with Crippen molar-refractivity contribution in [3.8, 4) is 0 Å². The van der Waals surface area contributed by atoms with Crippen molar-refractivity contribution in [3.63, 3.8) is 0 Å². The van der Waals surface area contributed by atoms with E-state index in [1.54, 1.807) is 0 Å².